The number of hydrogen-bond donors (Lipinski definition) is 2. The highest BCUT2D eigenvalue weighted by Crippen LogP contribution is 2.28. The Morgan fingerprint density at radius 1 is 1.10 bits per heavy atom. The van der Waals surface area contributed by atoms with Gasteiger partial charge in [-0.2, -0.15) is 0 Å². The molecular formula is C23H29N3O3. The summed E-state index contributed by atoms with van der Waals surface area (Å²) in [6.45, 7) is 7.07. The van der Waals surface area contributed by atoms with E-state index in [0.29, 0.717) is 31.0 Å². The molecular weight excluding hydrogens is 366 g/mol. The number of fused-ring (bicyclic) bond motifs is 1. The van der Waals surface area contributed by atoms with Crippen molar-refractivity contribution >= 4 is 23.2 Å². The Balaban J connectivity index is 1.52. The molecule has 1 aliphatic rings. The summed E-state index contributed by atoms with van der Waals surface area (Å²) in [4.78, 5) is 26.7. The van der Waals surface area contributed by atoms with Gasteiger partial charge in [0.2, 0.25) is 0 Å². The summed E-state index contributed by atoms with van der Waals surface area (Å²) in [6, 6.07) is 13.6. The van der Waals surface area contributed by atoms with Crippen molar-refractivity contribution in [2.45, 2.75) is 33.1 Å². The lowest BCUT2D eigenvalue weighted by Crippen LogP contribution is -2.36. The maximum atomic E-state index is 12.2. The standard InChI is InChI=1S/C23H29N3O3/c1-3-26-15-7-8-18-16-17(11-12-20(18)26)13-14-24-22(27)23(28)25-19-9-5-6-10-21(19)29-4-2/h5-6,9-12,16H,3-4,7-8,13-15H2,1-2H3,(H,24,27)(H,25,28). The molecule has 0 fully saturated rings. The van der Waals surface area contributed by atoms with Gasteiger partial charge in [0.1, 0.15) is 5.75 Å². The normalized spacial score (nSPS) is 12.8. The number of benzene rings is 2. The fourth-order valence-electron chi connectivity index (χ4n) is 3.64. The summed E-state index contributed by atoms with van der Waals surface area (Å²) >= 11 is 0. The Hall–Kier alpha value is -3.02. The number of amides is 2. The van der Waals surface area contributed by atoms with E-state index in [1.165, 1.54) is 23.2 Å². The van der Waals surface area contributed by atoms with Crippen molar-refractivity contribution in [1.82, 2.24) is 5.32 Å². The molecule has 0 aliphatic carbocycles. The number of anilines is 2. The van der Waals surface area contributed by atoms with Crippen LogP contribution in [0.3, 0.4) is 0 Å². The number of aryl methyl sites for hydroxylation is 1. The first kappa shape index (κ1) is 20.7. The molecule has 0 unspecified atom stereocenters. The molecule has 6 nitrogen and oxygen atoms in total. The first-order chi connectivity index (χ1) is 14.1. The molecule has 154 valence electrons. The minimum atomic E-state index is -0.693. The average molecular weight is 396 g/mol. The van der Waals surface area contributed by atoms with Crippen molar-refractivity contribution in [1.29, 1.82) is 0 Å². The van der Waals surface area contributed by atoms with E-state index in [0.717, 1.165) is 19.5 Å². The van der Waals surface area contributed by atoms with Gasteiger partial charge in [-0.1, -0.05) is 24.3 Å². The van der Waals surface area contributed by atoms with Gasteiger partial charge in [0.15, 0.2) is 0 Å². The maximum absolute atomic E-state index is 12.2. The number of carbonyl (C=O) groups excluding carboxylic acids is 2. The highest BCUT2D eigenvalue weighted by atomic mass is 16.5. The lowest BCUT2D eigenvalue weighted by molar-refractivity contribution is -0.136. The van der Waals surface area contributed by atoms with E-state index < -0.39 is 11.8 Å². The molecule has 0 aromatic heterocycles. The van der Waals surface area contributed by atoms with Crippen LogP contribution in [0, 0.1) is 0 Å². The van der Waals surface area contributed by atoms with Crippen LogP contribution in [-0.2, 0) is 22.4 Å². The fraction of sp³-hybridized carbons (Fsp3) is 0.391. The molecule has 2 aromatic rings. The third-order valence-electron chi connectivity index (χ3n) is 5.08. The largest absolute Gasteiger partial charge is 0.492 e. The van der Waals surface area contributed by atoms with Crippen LogP contribution in [-0.4, -0.2) is 38.1 Å². The molecule has 0 atom stereocenters. The van der Waals surface area contributed by atoms with Gasteiger partial charge in [-0.3, -0.25) is 9.59 Å². The second-order valence-corrected chi connectivity index (χ2v) is 7.04. The van der Waals surface area contributed by atoms with Crippen molar-refractivity contribution in [3.63, 3.8) is 0 Å². The van der Waals surface area contributed by atoms with E-state index in [1.54, 1.807) is 18.2 Å². The molecule has 1 aliphatic heterocycles. The third-order valence-corrected chi connectivity index (χ3v) is 5.08. The first-order valence-corrected chi connectivity index (χ1v) is 10.3. The highest BCUT2D eigenvalue weighted by Gasteiger charge is 2.17. The molecule has 0 saturated heterocycles. The van der Waals surface area contributed by atoms with Crippen LogP contribution in [0.1, 0.15) is 31.4 Å². The van der Waals surface area contributed by atoms with Crippen LogP contribution >= 0.6 is 0 Å². The van der Waals surface area contributed by atoms with Gasteiger partial charge in [0.05, 0.1) is 12.3 Å². The van der Waals surface area contributed by atoms with Gasteiger partial charge in [0.25, 0.3) is 0 Å². The molecule has 2 N–H and O–H groups in total. The zero-order valence-electron chi connectivity index (χ0n) is 17.2. The lowest BCUT2D eigenvalue weighted by atomic mass is 9.98. The quantitative estimate of drug-likeness (QED) is 0.707. The van der Waals surface area contributed by atoms with Crippen LogP contribution in [0.15, 0.2) is 42.5 Å². The number of para-hydroxylation sites is 2. The molecule has 1 heterocycles. The summed E-state index contributed by atoms with van der Waals surface area (Å²) in [5.74, 6) is -0.793. The van der Waals surface area contributed by atoms with Gasteiger partial charge < -0.3 is 20.3 Å². The maximum Gasteiger partial charge on any atom is 0.313 e. The molecule has 29 heavy (non-hydrogen) atoms. The van der Waals surface area contributed by atoms with Gasteiger partial charge in [-0.25, -0.2) is 0 Å². The van der Waals surface area contributed by atoms with Gasteiger partial charge in [0, 0.05) is 25.3 Å². The predicted molar refractivity (Wildman–Crippen MR) is 116 cm³/mol. The Bertz CT molecular complexity index is 866. The van der Waals surface area contributed by atoms with E-state index in [9.17, 15) is 9.59 Å². The molecule has 6 heteroatoms. The van der Waals surface area contributed by atoms with Crippen LogP contribution < -0.4 is 20.3 Å². The number of carbonyl (C=O) groups is 2. The number of rotatable bonds is 7. The minimum Gasteiger partial charge on any atom is -0.492 e. The average Bonchev–Trinajstić information content (AvgIpc) is 2.74. The van der Waals surface area contributed by atoms with Crippen LogP contribution in [0.25, 0.3) is 0 Å². The van der Waals surface area contributed by atoms with E-state index in [-0.39, 0.29) is 0 Å². The number of ether oxygens (including phenoxy) is 1. The first-order valence-electron chi connectivity index (χ1n) is 10.3. The summed E-state index contributed by atoms with van der Waals surface area (Å²) in [6.07, 6.45) is 2.95. The third kappa shape index (κ3) is 5.28. The fourth-order valence-corrected chi connectivity index (χ4v) is 3.64. The summed E-state index contributed by atoms with van der Waals surface area (Å²) in [7, 11) is 0. The lowest BCUT2D eigenvalue weighted by Gasteiger charge is -2.30. The zero-order chi connectivity index (χ0) is 20.6. The SMILES string of the molecule is CCOc1ccccc1NC(=O)C(=O)NCCc1ccc2c(c1)CCCN2CC. The summed E-state index contributed by atoms with van der Waals surface area (Å²) in [5.41, 5.74) is 4.35. The predicted octanol–water partition coefficient (Wildman–Crippen LogP) is 3.16. The highest BCUT2D eigenvalue weighted by molar-refractivity contribution is 6.39. The summed E-state index contributed by atoms with van der Waals surface area (Å²) < 4.78 is 5.47. The Morgan fingerprint density at radius 3 is 2.72 bits per heavy atom. The Morgan fingerprint density at radius 2 is 1.93 bits per heavy atom. The number of nitrogens with zero attached hydrogens (tertiary/aromatic N) is 1. The van der Waals surface area contributed by atoms with Crippen molar-refractivity contribution in [2.75, 3.05) is 36.5 Å². The van der Waals surface area contributed by atoms with Crippen LogP contribution in [0.2, 0.25) is 0 Å². The monoisotopic (exact) mass is 395 g/mol. The number of hydrogen-bond acceptors (Lipinski definition) is 4. The van der Waals surface area contributed by atoms with Gasteiger partial charge in [-0.15, -0.1) is 0 Å². The Kier molecular flexibility index (Phi) is 7.11. The van der Waals surface area contributed by atoms with Crippen LogP contribution in [0.4, 0.5) is 11.4 Å². The molecule has 0 radical (unpaired) electrons. The van der Waals surface area contributed by atoms with E-state index in [2.05, 4.69) is 40.7 Å². The molecule has 0 bridgehead atoms. The number of nitrogens with one attached hydrogen (secondary N) is 2. The van der Waals surface area contributed by atoms with Crippen molar-refractivity contribution in [3.8, 4) is 5.75 Å². The smallest absolute Gasteiger partial charge is 0.313 e. The Labute approximate surface area is 172 Å². The van der Waals surface area contributed by atoms with E-state index >= 15 is 0 Å². The van der Waals surface area contributed by atoms with E-state index in [4.69, 9.17) is 4.74 Å². The van der Waals surface area contributed by atoms with Crippen LogP contribution in [0.5, 0.6) is 5.75 Å². The van der Waals surface area contributed by atoms with Gasteiger partial charge in [-0.05, 0) is 62.4 Å². The second-order valence-electron chi connectivity index (χ2n) is 7.04. The van der Waals surface area contributed by atoms with Crippen molar-refractivity contribution in [2.24, 2.45) is 0 Å². The topological polar surface area (TPSA) is 70.7 Å². The summed E-state index contributed by atoms with van der Waals surface area (Å²) in [5, 5.41) is 5.31. The minimum absolute atomic E-state index is 0.412. The molecule has 2 amide bonds. The van der Waals surface area contributed by atoms with Crippen molar-refractivity contribution < 1.29 is 14.3 Å². The van der Waals surface area contributed by atoms with Gasteiger partial charge >= 0.3 is 11.8 Å². The zero-order valence-corrected chi connectivity index (χ0v) is 17.2. The molecule has 3 rings (SSSR count). The van der Waals surface area contributed by atoms with Crippen molar-refractivity contribution in [3.05, 3.63) is 53.6 Å². The molecule has 0 spiro atoms. The van der Waals surface area contributed by atoms with E-state index in [1.807, 2.05) is 13.0 Å². The molecule has 2 aromatic carbocycles. The second kappa shape index (κ2) is 9.96. The molecule has 0 saturated carbocycles.